The highest BCUT2D eigenvalue weighted by Crippen LogP contribution is 2.30. The number of allylic oxidation sites excluding steroid dienone is 1. The van der Waals surface area contributed by atoms with Crippen LogP contribution in [0.25, 0.3) is 22.4 Å². The molecule has 0 saturated carbocycles. The molecule has 0 aliphatic carbocycles. The second kappa shape index (κ2) is 6.33. The quantitative estimate of drug-likeness (QED) is 0.501. The molecule has 112 valence electrons. The molecule has 3 rings (SSSR count). The van der Waals surface area contributed by atoms with Gasteiger partial charge in [0, 0.05) is 5.39 Å². The highest BCUT2D eigenvalue weighted by molar-refractivity contribution is 6.00. The van der Waals surface area contributed by atoms with E-state index in [1.807, 2.05) is 36.4 Å². The summed E-state index contributed by atoms with van der Waals surface area (Å²) >= 11 is 0. The van der Waals surface area contributed by atoms with Crippen molar-refractivity contribution in [2.75, 3.05) is 7.11 Å². The number of ether oxygens (including phenoxy) is 1. The molecule has 2 nitrogen and oxygen atoms in total. The summed E-state index contributed by atoms with van der Waals surface area (Å²) in [6.45, 7) is 0. The summed E-state index contributed by atoms with van der Waals surface area (Å²) in [6, 6.07) is 19.8. The lowest BCUT2D eigenvalue weighted by molar-refractivity contribution is 0.420. The van der Waals surface area contributed by atoms with Crippen LogP contribution in [0.2, 0.25) is 0 Å². The van der Waals surface area contributed by atoms with E-state index >= 15 is 0 Å². The van der Waals surface area contributed by atoms with E-state index in [0.717, 1.165) is 22.1 Å². The lowest BCUT2D eigenvalue weighted by Gasteiger charge is -2.08. The second-order valence-corrected chi connectivity index (χ2v) is 5.08. The fourth-order valence-corrected chi connectivity index (χ4v) is 2.59. The average Bonchev–Trinajstić information content (AvgIpc) is 2.59. The molecule has 0 saturated heterocycles. The molecule has 23 heavy (non-hydrogen) atoms. The van der Waals surface area contributed by atoms with Gasteiger partial charge >= 0.3 is 0 Å². The van der Waals surface area contributed by atoms with Gasteiger partial charge < -0.3 is 4.74 Å². The maximum Gasteiger partial charge on any atom is 0.126 e. The number of nitrogens with zero attached hydrogens (tertiary/aromatic N) is 1. The first kappa shape index (κ1) is 14.8. The maximum absolute atomic E-state index is 13.4. The minimum atomic E-state index is -0.358. The molecule has 3 aromatic carbocycles. The molecule has 0 atom stereocenters. The van der Waals surface area contributed by atoms with E-state index in [1.54, 1.807) is 25.3 Å². The zero-order valence-corrected chi connectivity index (χ0v) is 12.6. The minimum Gasteiger partial charge on any atom is -0.496 e. The van der Waals surface area contributed by atoms with Gasteiger partial charge in [-0.2, -0.15) is 5.26 Å². The fraction of sp³-hybridized carbons (Fsp3) is 0.0500. The highest BCUT2D eigenvalue weighted by Gasteiger charge is 2.07. The molecule has 0 heterocycles. The molecule has 0 amide bonds. The fourth-order valence-electron chi connectivity index (χ4n) is 2.59. The number of halogens is 1. The van der Waals surface area contributed by atoms with E-state index in [1.165, 1.54) is 12.1 Å². The summed E-state index contributed by atoms with van der Waals surface area (Å²) in [5, 5.41) is 11.4. The van der Waals surface area contributed by atoms with Gasteiger partial charge in [-0.25, -0.2) is 4.39 Å². The van der Waals surface area contributed by atoms with E-state index in [4.69, 9.17) is 4.74 Å². The Morgan fingerprint density at radius 1 is 1.04 bits per heavy atom. The molecule has 3 heteroatoms. The number of hydrogen-bond acceptors (Lipinski definition) is 2. The first-order valence-electron chi connectivity index (χ1n) is 7.16. The van der Waals surface area contributed by atoms with E-state index in [9.17, 15) is 9.65 Å². The number of fused-ring (bicyclic) bond motifs is 1. The smallest absolute Gasteiger partial charge is 0.126 e. The number of rotatable bonds is 3. The Kier molecular flexibility index (Phi) is 4.07. The van der Waals surface area contributed by atoms with Crippen molar-refractivity contribution < 1.29 is 9.13 Å². The average molecular weight is 303 g/mol. The van der Waals surface area contributed by atoms with Crippen molar-refractivity contribution in [3.63, 3.8) is 0 Å². The molecular formula is C20H14FNO. The van der Waals surface area contributed by atoms with E-state index in [0.29, 0.717) is 11.1 Å². The van der Waals surface area contributed by atoms with Crippen LogP contribution in [0, 0.1) is 17.1 Å². The summed E-state index contributed by atoms with van der Waals surface area (Å²) in [7, 11) is 1.63. The first-order chi connectivity index (χ1) is 11.2. The Labute approximate surface area is 134 Å². The van der Waals surface area contributed by atoms with E-state index in [-0.39, 0.29) is 5.82 Å². The van der Waals surface area contributed by atoms with Crippen molar-refractivity contribution in [3.8, 4) is 11.8 Å². The normalized spacial score (nSPS) is 11.3. The molecule has 0 fully saturated rings. The van der Waals surface area contributed by atoms with Crippen LogP contribution >= 0.6 is 0 Å². The van der Waals surface area contributed by atoms with Crippen molar-refractivity contribution in [3.05, 3.63) is 77.6 Å². The van der Waals surface area contributed by atoms with Gasteiger partial charge in [-0.15, -0.1) is 0 Å². The number of methoxy groups -OCH3 is 1. The van der Waals surface area contributed by atoms with Crippen LogP contribution in [0.4, 0.5) is 4.39 Å². The predicted octanol–water partition coefficient (Wildman–Crippen LogP) is 5.05. The molecule has 0 aliphatic heterocycles. The molecule has 0 aromatic heterocycles. The van der Waals surface area contributed by atoms with Gasteiger partial charge in [0.1, 0.15) is 11.6 Å². The van der Waals surface area contributed by atoms with Gasteiger partial charge in [0.15, 0.2) is 0 Å². The van der Waals surface area contributed by atoms with Crippen LogP contribution in [0.1, 0.15) is 11.1 Å². The molecule has 0 spiro atoms. The van der Waals surface area contributed by atoms with Crippen molar-refractivity contribution in [2.24, 2.45) is 0 Å². The van der Waals surface area contributed by atoms with Crippen LogP contribution in [0.5, 0.6) is 5.75 Å². The third-order valence-electron chi connectivity index (χ3n) is 3.69. The van der Waals surface area contributed by atoms with E-state index in [2.05, 4.69) is 6.07 Å². The monoisotopic (exact) mass is 303 g/mol. The van der Waals surface area contributed by atoms with Gasteiger partial charge in [-0.3, -0.25) is 0 Å². The van der Waals surface area contributed by atoms with Crippen LogP contribution in [-0.4, -0.2) is 7.11 Å². The molecule has 0 N–H and O–H groups in total. The molecule has 0 aliphatic rings. The molecule has 0 bridgehead atoms. The Morgan fingerprint density at radius 2 is 1.83 bits per heavy atom. The van der Waals surface area contributed by atoms with Gasteiger partial charge in [0.2, 0.25) is 0 Å². The molecule has 0 unspecified atom stereocenters. The van der Waals surface area contributed by atoms with Crippen LogP contribution in [0.15, 0.2) is 60.7 Å². The molecule has 3 aromatic rings. The van der Waals surface area contributed by atoms with Gasteiger partial charge in [0.25, 0.3) is 0 Å². The first-order valence-corrected chi connectivity index (χ1v) is 7.16. The third kappa shape index (κ3) is 2.93. The largest absolute Gasteiger partial charge is 0.496 e. The van der Waals surface area contributed by atoms with Crippen LogP contribution in [0.3, 0.4) is 0 Å². The number of benzene rings is 3. The zero-order chi connectivity index (χ0) is 16.2. The topological polar surface area (TPSA) is 33.0 Å². The standard InChI is InChI=1S/C20H14FNO/c1-23-20-10-9-15(18-7-2-3-8-19(18)20)11-16(13-22)14-5-4-6-17(21)12-14/h2-12H,1H3/b16-11-. The molecule has 0 radical (unpaired) electrons. The highest BCUT2D eigenvalue weighted by atomic mass is 19.1. The maximum atomic E-state index is 13.4. The number of hydrogen-bond donors (Lipinski definition) is 0. The lowest BCUT2D eigenvalue weighted by atomic mass is 9.99. The Balaban J connectivity index is 2.18. The van der Waals surface area contributed by atoms with Crippen molar-refractivity contribution in [2.45, 2.75) is 0 Å². The Bertz CT molecular complexity index is 938. The Morgan fingerprint density at radius 3 is 2.52 bits per heavy atom. The van der Waals surface area contributed by atoms with Crippen LogP contribution in [-0.2, 0) is 0 Å². The molecular weight excluding hydrogens is 289 g/mol. The van der Waals surface area contributed by atoms with E-state index < -0.39 is 0 Å². The summed E-state index contributed by atoms with van der Waals surface area (Å²) in [6.07, 6.45) is 1.77. The summed E-state index contributed by atoms with van der Waals surface area (Å²) in [5.41, 5.74) is 1.87. The Hall–Kier alpha value is -3.12. The van der Waals surface area contributed by atoms with Gasteiger partial charge in [-0.1, -0.05) is 42.5 Å². The minimum absolute atomic E-state index is 0.358. The SMILES string of the molecule is COc1ccc(/C=C(/C#N)c2cccc(F)c2)c2ccccc12. The summed E-state index contributed by atoms with van der Waals surface area (Å²) in [5.74, 6) is 0.422. The van der Waals surface area contributed by atoms with Gasteiger partial charge in [0.05, 0.1) is 18.8 Å². The summed E-state index contributed by atoms with van der Waals surface area (Å²) in [4.78, 5) is 0. The second-order valence-electron chi connectivity index (χ2n) is 5.08. The van der Waals surface area contributed by atoms with Crippen molar-refractivity contribution in [1.82, 2.24) is 0 Å². The van der Waals surface area contributed by atoms with Gasteiger partial charge in [-0.05, 0) is 40.8 Å². The third-order valence-corrected chi connectivity index (χ3v) is 3.69. The summed E-state index contributed by atoms with van der Waals surface area (Å²) < 4.78 is 18.8. The predicted molar refractivity (Wildman–Crippen MR) is 90.4 cm³/mol. The van der Waals surface area contributed by atoms with Crippen molar-refractivity contribution in [1.29, 1.82) is 5.26 Å². The van der Waals surface area contributed by atoms with Crippen molar-refractivity contribution >= 4 is 22.4 Å². The zero-order valence-electron chi connectivity index (χ0n) is 12.6. The van der Waals surface area contributed by atoms with Crippen LogP contribution < -0.4 is 4.74 Å². The number of nitriles is 1. The lowest BCUT2D eigenvalue weighted by Crippen LogP contribution is -1.88.